The van der Waals surface area contributed by atoms with E-state index in [9.17, 15) is 4.79 Å². The van der Waals surface area contributed by atoms with Gasteiger partial charge in [-0.2, -0.15) is 0 Å². The summed E-state index contributed by atoms with van der Waals surface area (Å²) in [5, 5.41) is 0. The Morgan fingerprint density at radius 1 is 1.26 bits per heavy atom. The van der Waals surface area contributed by atoms with Crippen molar-refractivity contribution in [3.8, 4) is 0 Å². The zero-order valence-corrected chi connectivity index (χ0v) is 12.8. The summed E-state index contributed by atoms with van der Waals surface area (Å²) in [7, 11) is 0. The lowest BCUT2D eigenvalue weighted by molar-refractivity contribution is -0.133. The third-order valence-electron chi connectivity index (χ3n) is 4.83. The van der Waals surface area contributed by atoms with Crippen LogP contribution < -0.4 is 5.73 Å². The molecule has 1 saturated carbocycles. The summed E-state index contributed by atoms with van der Waals surface area (Å²) in [5.74, 6) is 1.71. The molecule has 0 aromatic carbocycles. The topological polar surface area (TPSA) is 46.3 Å². The Morgan fingerprint density at radius 2 is 1.89 bits per heavy atom. The highest BCUT2D eigenvalue weighted by molar-refractivity contribution is 5.76. The molecule has 1 heterocycles. The smallest absolute Gasteiger partial charge is 0.222 e. The number of likely N-dealkylation sites (tertiary alicyclic amines) is 1. The van der Waals surface area contributed by atoms with Gasteiger partial charge in [-0.15, -0.1) is 0 Å². The van der Waals surface area contributed by atoms with Crippen molar-refractivity contribution < 1.29 is 4.79 Å². The summed E-state index contributed by atoms with van der Waals surface area (Å²) in [6.45, 7) is 8.76. The van der Waals surface area contributed by atoms with Gasteiger partial charge in [0.05, 0.1) is 0 Å². The maximum atomic E-state index is 12.4. The summed E-state index contributed by atoms with van der Waals surface area (Å²) in [6.07, 6.45) is 6.43. The van der Waals surface area contributed by atoms with Gasteiger partial charge in [0, 0.05) is 25.6 Å². The Labute approximate surface area is 117 Å². The van der Waals surface area contributed by atoms with Gasteiger partial charge in [0.1, 0.15) is 0 Å². The molecule has 2 unspecified atom stereocenters. The molecular weight excluding hydrogens is 236 g/mol. The van der Waals surface area contributed by atoms with Gasteiger partial charge >= 0.3 is 0 Å². The molecule has 1 amide bonds. The van der Waals surface area contributed by atoms with Crippen molar-refractivity contribution in [3.05, 3.63) is 0 Å². The maximum Gasteiger partial charge on any atom is 0.222 e. The van der Waals surface area contributed by atoms with E-state index in [-0.39, 0.29) is 0 Å². The first-order valence-corrected chi connectivity index (χ1v) is 7.89. The Hall–Kier alpha value is -0.570. The molecule has 3 heteroatoms. The van der Waals surface area contributed by atoms with E-state index in [1.54, 1.807) is 0 Å². The molecule has 110 valence electrons. The summed E-state index contributed by atoms with van der Waals surface area (Å²) < 4.78 is 0. The van der Waals surface area contributed by atoms with Crippen LogP contribution in [0.15, 0.2) is 0 Å². The molecule has 1 aliphatic heterocycles. The highest BCUT2D eigenvalue weighted by atomic mass is 16.2. The van der Waals surface area contributed by atoms with Crippen molar-refractivity contribution in [1.29, 1.82) is 0 Å². The molecule has 3 nitrogen and oxygen atoms in total. The van der Waals surface area contributed by atoms with Gasteiger partial charge in [0.15, 0.2) is 0 Å². The fourth-order valence-electron chi connectivity index (χ4n) is 4.22. The van der Waals surface area contributed by atoms with E-state index in [4.69, 9.17) is 5.73 Å². The van der Waals surface area contributed by atoms with Crippen LogP contribution in [0.2, 0.25) is 0 Å². The van der Waals surface area contributed by atoms with Crippen LogP contribution in [0.4, 0.5) is 0 Å². The molecule has 2 N–H and O–H groups in total. The lowest BCUT2D eigenvalue weighted by atomic mass is 9.67. The van der Waals surface area contributed by atoms with Crippen LogP contribution in [0.1, 0.15) is 59.3 Å². The molecule has 1 saturated heterocycles. The molecule has 0 aromatic rings. The number of nitrogens with two attached hydrogens (primary N) is 1. The Morgan fingerprint density at radius 3 is 2.47 bits per heavy atom. The largest absolute Gasteiger partial charge is 0.343 e. The Bertz CT molecular complexity index is 319. The predicted molar refractivity (Wildman–Crippen MR) is 78.7 cm³/mol. The van der Waals surface area contributed by atoms with E-state index < -0.39 is 0 Å². The van der Waals surface area contributed by atoms with Crippen LogP contribution in [-0.2, 0) is 4.79 Å². The molecule has 1 aliphatic carbocycles. The van der Waals surface area contributed by atoms with Crippen molar-refractivity contribution in [3.63, 3.8) is 0 Å². The minimum Gasteiger partial charge on any atom is -0.343 e. The summed E-state index contributed by atoms with van der Waals surface area (Å²) in [5.41, 5.74) is 6.31. The summed E-state index contributed by atoms with van der Waals surface area (Å²) in [4.78, 5) is 14.4. The number of rotatable bonds is 2. The van der Waals surface area contributed by atoms with Crippen LogP contribution in [0, 0.1) is 17.3 Å². The zero-order valence-electron chi connectivity index (χ0n) is 12.8. The third-order valence-corrected chi connectivity index (χ3v) is 4.83. The zero-order chi connectivity index (χ0) is 14.0. The number of hydrogen-bond acceptors (Lipinski definition) is 2. The minimum atomic E-state index is 0.303. The number of piperidine rings is 1. The van der Waals surface area contributed by atoms with Crippen LogP contribution in [0.3, 0.4) is 0 Å². The third kappa shape index (κ3) is 4.20. The molecular formula is C16H30N2O. The highest BCUT2D eigenvalue weighted by Gasteiger charge is 2.34. The average Bonchev–Trinajstić information content (AvgIpc) is 2.26. The van der Waals surface area contributed by atoms with Gasteiger partial charge in [-0.3, -0.25) is 4.79 Å². The molecule has 2 rings (SSSR count). The molecule has 0 bridgehead atoms. The van der Waals surface area contributed by atoms with E-state index in [1.165, 1.54) is 19.3 Å². The van der Waals surface area contributed by atoms with Crippen LogP contribution in [0.25, 0.3) is 0 Å². The van der Waals surface area contributed by atoms with Gasteiger partial charge in [0.2, 0.25) is 5.91 Å². The molecule has 2 fully saturated rings. The standard InChI is InChI=1S/C16H30N2O/c1-12-8-13(11-16(2,3)10-12)9-15(19)18-6-4-14(17)5-7-18/h12-14H,4-11,17H2,1-3H3. The fraction of sp³-hybridized carbons (Fsp3) is 0.938. The molecule has 2 aliphatic rings. The van der Waals surface area contributed by atoms with Gasteiger partial charge < -0.3 is 10.6 Å². The van der Waals surface area contributed by atoms with Gasteiger partial charge in [0.25, 0.3) is 0 Å². The number of amides is 1. The number of carbonyl (C=O) groups excluding carboxylic acids is 1. The molecule has 19 heavy (non-hydrogen) atoms. The SMILES string of the molecule is CC1CC(CC(=O)N2CCC(N)CC2)CC(C)(C)C1. The van der Waals surface area contributed by atoms with E-state index in [1.807, 2.05) is 4.90 Å². The van der Waals surface area contributed by atoms with Crippen LogP contribution in [-0.4, -0.2) is 29.9 Å². The average molecular weight is 266 g/mol. The molecule has 2 atom stereocenters. The number of carbonyl (C=O) groups is 1. The molecule has 0 aromatic heterocycles. The summed E-state index contributed by atoms with van der Waals surface area (Å²) >= 11 is 0. The molecule has 0 radical (unpaired) electrons. The number of hydrogen-bond donors (Lipinski definition) is 1. The van der Waals surface area contributed by atoms with Crippen LogP contribution >= 0.6 is 0 Å². The maximum absolute atomic E-state index is 12.4. The Kier molecular flexibility index (Phi) is 4.54. The second-order valence-corrected chi connectivity index (χ2v) is 7.70. The number of nitrogens with zero attached hydrogens (tertiary/aromatic N) is 1. The highest BCUT2D eigenvalue weighted by Crippen LogP contribution is 2.43. The van der Waals surface area contributed by atoms with E-state index in [2.05, 4.69) is 20.8 Å². The van der Waals surface area contributed by atoms with E-state index in [0.717, 1.165) is 38.3 Å². The van der Waals surface area contributed by atoms with Crippen molar-refractivity contribution in [2.45, 2.75) is 65.3 Å². The minimum absolute atomic E-state index is 0.303. The second kappa shape index (κ2) is 5.82. The summed E-state index contributed by atoms with van der Waals surface area (Å²) in [6, 6.07) is 0.303. The van der Waals surface area contributed by atoms with Crippen molar-refractivity contribution in [2.75, 3.05) is 13.1 Å². The van der Waals surface area contributed by atoms with Crippen molar-refractivity contribution >= 4 is 5.91 Å². The van der Waals surface area contributed by atoms with Crippen LogP contribution in [0.5, 0.6) is 0 Å². The van der Waals surface area contributed by atoms with E-state index in [0.29, 0.717) is 23.3 Å². The van der Waals surface area contributed by atoms with Gasteiger partial charge in [-0.05, 0) is 49.4 Å². The van der Waals surface area contributed by atoms with Crippen molar-refractivity contribution in [1.82, 2.24) is 4.90 Å². The van der Waals surface area contributed by atoms with Gasteiger partial charge in [-0.1, -0.05) is 20.8 Å². The normalized spacial score (nSPS) is 32.3. The van der Waals surface area contributed by atoms with E-state index >= 15 is 0 Å². The first-order valence-electron chi connectivity index (χ1n) is 7.89. The predicted octanol–water partition coefficient (Wildman–Crippen LogP) is 2.79. The molecule has 0 spiro atoms. The fourth-order valence-corrected chi connectivity index (χ4v) is 4.22. The first kappa shape index (κ1) is 14.8. The monoisotopic (exact) mass is 266 g/mol. The quantitative estimate of drug-likeness (QED) is 0.835. The lowest BCUT2D eigenvalue weighted by Gasteiger charge is -2.40. The van der Waals surface area contributed by atoms with Crippen molar-refractivity contribution in [2.24, 2.45) is 23.0 Å². The Balaban J connectivity index is 1.85. The second-order valence-electron chi connectivity index (χ2n) is 7.70. The van der Waals surface area contributed by atoms with Gasteiger partial charge in [-0.25, -0.2) is 0 Å². The lowest BCUT2D eigenvalue weighted by Crippen LogP contribution is -2.43. The first-order chi connectivity index (χ1) is 8.85.